The third-order valence-electron chi connectivity index (χ3n) is 7.22. The van der Waals surface area contributed by atoms with Crippen LogP contribution in [0.25, 0.3) is 11.3 Å². The molecule has 6 rings (SSSR count). The summed E-state index contributed by atoms with van der Waals surface area (Å²) in [6.45, 7) is 1.82. The lowest BCUT2D eigenvalue weighted by Crippen LogP contribution is -2.48. The van der Waals surface area contributed by atoms with Crippen molar-refractivity contribution in [1.82, 2.24) is 25.4 Å². The molecule has 11 heteroatoms. The first-order valence-electron chi connectivity index (χ1n) is 13.9. The van der Waals surface area contributed by atoms with Gasteiger partial charge in [-0.2, -0.15) is 0 Å². The normalized spacial score (nSPS) is 19.2. The number of aromatic nitrogens is 1. The molecular weight excluding hydrogens is 538 g/mol. The molecule has 3 aliphatic rings. The second-order valence-electron chi connectivity index (χ2n) is 10.3. The molecule has 11 nitrogen and oxygen atoms in total. The number of pyridine rings is 1. The first kappa shape index (κ1) is 28.6. The van der Waals surface area contributed by atoms with Crippen LogP contribution >= 0.6 is 0 Å². The van der Waals surface area contributed by atoms with Crippen molar-refractivity contribution in [3.05, 3.63) is 84.1 Å². The lowest BCUT2D eigenvalue weighted by molar-refractivity contribution is -0.133. The van der Waals surface area contributed by atoms with E-state index in [1.54, 1.807) is 47.5 Å². The van der Waals surface area contributed by atoms with Crippen molar-refractivity contribution in [1.29, 1.82) is 0 Å². The lowest BCUT2D eigenvalue weighted by Gasteiger charge is -2.28. The van der Waals surface area contributed by atoms with E-state index in [2.05, 4.69) is 15.6 Å². The summed E-state index contributed by atoms with van der Waals surface area (Å²) in [5, 5.41) is 5.72. The van der Waals surface area contributed by atoms with Crippen LogP contribution in [0.15, 0.2) is 72.9 Å². The van der Waals surface area contributed by atoms with Gasteiger partial charge in [-0.25, -0.2) is 4.79 Å². The largest absolute Gasteiger partial charge is 0.489 e. The maximum absolute atomic E-state index is 13.7. The smallest absolute Gasteiger partial charge is 0.410 e. The van der Waals surface area contributed by atoms with E-state index in [1.165, 1.54) is 11.8 Å². The van der Waals surface area contributed by atoms with Crippen molar-refractivity contribution >= 4 is 23.8 Å². The standard InChI is InChI=1S/C31H33N5O6/c1-21(37)34-25-16-26-20-41-27-8-5-13-32-29(27)23-9-11-24(12-10-23)30(39)33-14-15-35(18-28(38)36(26)17-25)31(40)42-19-22-6-3-2-4-7-22/h2-13,25-26H,14-20H2,1H3,(H,33,39)(H,34,37)/t25-,26-/m0/s1. The second kappa shape index (κ2) is 13.2. The van der Waals surface area contributed by atoms with Crippen molar-refractivity contribution in [2.75, 3.05) is 32.8 Å². The van der Waals surface area contributed by atoms with Crippen molar-refractivity contribution in [2.24, 2.45) is 0 Å². The molecular formula is C31H33N5O6. The summed E-state index contributed by atoms with van der Waals surface area (Å²) in [4.78, 5) is 58.9. The molecule has 0 aliphatic carbocycles. The fourth-order valence-corrected chi connectivity index (χ4v) is 5.17. The zero-order valence-electron chi connectivity index (χ0n) is 23.3. The van der Waals surface area contributed by atoms with Crippen molar-refractivity contribution < 1.29 is 28.7 Å². The number of hydrogen-bond donors (Lipinski definition) is 2. The van der Waals surface area contributed by atoms with Crippen molar-refractivity contribution in [2.45, 2.75) is 32.0 Å². The molecule has 3 aliphatic heterocycles. The van der Waals surface area contributed by atoms with E-state index in [4.69, 9.17) is 9.47 Å². The van der Waals surface area contributed by atoms with Gasteiger partial charge in [0.2, 0.25) is 11.8 Å². The quantitative estimate of drug-likeness (QED) is 0.494. The molecule has 0 spiro atoms. The average Bonchev–Trinajstić information content (AvgIpc) is 3.40. The minimum Gasteiger partial charge on any atom is -0.489 e. The Hall–Kier alpha value is -4.93. The third kappa shape index (κ3) is 7.03. The van der Waals surface area contributed by atoms with Crippen LogP contribution in [0.3, 0.4) is 0 Å². The zero-order valence-corrected chi connectivity index (χ0v) is 23.3. The Morgan fingerprint density at radius 1 is 1.05 bits per heavy atom. The molecule has 2 atom stereocenters. The zero-order chi connectivity index (χ0) is 29.5. The van der Waals surface area contributed by atoms with E-state index in [-0.39, 0.29) is 69.2 Å². The SMILES string of the molecule is CC(=O)N[C@H]1C[C@H]2COc3cccnc3-c3ccc(cc3)C(=O)NCCN(C(=O)OCc3ccccc3)CC(=O)N2C1. The van der Waals surface area contributed by atoms with Crippen molar-refractivity contribution in [3.8, 4) is 17.0 Å². The topological polar surface area (TPSA) is 130 Å². The maximum atomic E-state index is 13.7. The van der Waals surface area contributed by atoms with Crippen LogP contribution in [0.1, 0.15) is 29.3 Å². The summed E-state index contributed by atoms with van der Waals surface area (Å²) in [6.07, 6.45) is 1.48. The molecule has 2 bridgehead atoms. The van der Waals surface area contributed by atoms with Crippen LogP contribution in [0.2, 0.25) is 0 Å². The number of carbonyl (C=O) groups excluding carboxylic acids is 4. The van der Waals surface area contributed by atoms with E-state index >= 15 is 0 Å². The summed E-state index contributed by atoms with van der Waals surface area (Å²) in [6, 6.07) is 19.2. The molecule has 4 heterocycles. The van der Waals surface area contributed by atoms with Gasteiger partial charge in [0.05, 0.1) is 6.04 Å². The van der Waals surface area contributed by atoms with Gasteiger partial charge in [0, 0.05) is 49.9 Å². The molecule has 4 amide bonds. The number of nitrogens with zero attached hydrogens (tertiary/aromatic N) is 3. The van der Waals surface area contributed by atoms with Gasteiger partial charge >= 0.3 is 6.09 Å². The van der Waals surface area contributed by atoms with Gasteiger partial charge < -0.3 is 25.0 Å². The van der Waals surface area contributed by atoms with E-state index in [0.717, 1.165) is 11.1 Å². The molecule has 42 heavy (non-hydrogen) atoms. The highest BCUT2D eigenvalue weighted by Crippen LogP contribution is 2.29. The summed E-state index contributed by atoms with van der Waals surface area (Å²) >= 11 is 0. The molecule has 1 aromatic heterocycles. The Labute approximate surface area is 243 Å². The van der Waals surface area contributed by atoms with Gasteiger partial charge in [0.15, 0.2) is 0 Å². The van der Waals surface area contributed by atoms with Crippen LogP contribution < -0.4 is 15.4 Å². The summed E-state index contributed by atoms with van der Waals surface area (Å²) < 4.78 is 11.7. The first-order valence-corrected chi connectivity index (χ1v) is 13.9. The molecule has 2 aromatic carbocycles. The number of benzene rings is 2. The molecule has 218 valence electrons. The van der Waals surface area contributed by atoms with Gasteiger partial charge in [-0.1, -0.05) is 42.5 Å². The Morgan fingerprint density at radius 3 is 2.57 bits per heavy atom. The number of carbonyl (C=O) groups is 4. The van der Waals surface area contributed by atoms with Gasteiger partial charge in [0.25, 0.3) is 5.91 Å². The Morgan fingerprint density at radius 2 is 1.81 bits per heavy atom. The van der Waals surface area contributed by atoms with Crippen LogP contribution in [0, 0.1) is 0 Å². The average molecular weight is 572 g/mol. The fourth-order valence-electron chi connectivity index (χ4n) is 5.17. The van der Waals surface area contributed by atoms with Gasteiger partial charge in [0.1, 0.15) is 31.2 Å². The van der Waals surface area contributed by atoms with E-state index in [0.29, 0.717) is 23.4 Å². The number of hydrogen-bond acceptors (Lipinski definition) is 7. The van der Waals surface area contributed by atoms with Crippen LogP contribution in [-0.4, -0.2) is 83.5 Å². The Balaban J connectivity index is 1.41. The summed E-state index contributed by atoms with van der Waals surface area (Å²) in [5.74, 6) is -0.295. The predicted octanol–water partition coefficient (Wildman–Crippen LogP) is 2.62. The third-order valence-corrected chi connectivity index (χ3v) is 7.22. The van der Waals surface area contributed by atoms with E-state index < -0.39 is 6.09 Å². The molecule has 1 saturated heterocycles. The molecule has 1 fully saturated rings. The number of fused-ring (bicyclic) bond motifs is 9. The van der Waals surface area contributed by atoms with E-state index in [1.807, 2.05) is 30.3 Å². The first-order chi connectivity index (χ1) is 20.4. The fraction of sp³-hybridized carbons (Fsp3) is 0.323. The van der Waals surface area contributed by atoms with Gasteiger partial charge in [-0.15, -0.1) is 0 Å². The number of rotatable bonds is 3. The van der Waals surface area contributed by atoms with E-state index in [9.17, 15) is 19.2 Å². The predicted molar refractivity (Wildman–Crippen MR) is 153 cm³/mol. The second-order valence-corrected chi connectivity index (χ2v) is 10.3. The molecule has 0 radical (unpaired) electrons. The van der Waals surface area contributed by atoms with Crippen molar-refractivity contribution in [3.63, 3.8) is 0 Å². The maximum Gasteiger partial charge on any atom is 0.410 e. The molecule has 3 aromatic rings. The van der Waals surface area contributed by atoms with Gasteiger partial charge in [-0.3, -0.25) is 24.3 Å². The monoisotopic (exact) mass is 571 g/mol. The minimum atomic E-state index is -0.672. The Bertz CT molecular complexity index is 1430. The Kier molecular flexibility index (Phi) is 8.96. The lowest BCUT2D eigenvalue weighted by atomic mass is 10.1. The highest BCUT2D eigenvalue weighted by molar-refractivity contribution is 5.94. The highest BCUT2D eigenvalue weighted by Gasteiger charge is 2.37. The molecule has 0 saturated carbocycles. The van der Waals surface area contributed by atoms with Crippen LogP contribution in [0.5, 0.6) is 5.75 Å². The summed E-state index contributed by atoms with van der Waals surface area (Å²) in [5.41, 5.74) is 2.63. The summed E-state index contributed by atoms with van der Waals surface area (Å²) in [7, 11) is 0. The minimum absolute atomic E-state index is 0.0430. The van der Waals surface area contributed by atoms with Crippen LogP contribution in [0.4, 0.5) is 4.79 Å². The molecule has 2 N–H and O–H groups in total. The van der Waals surface area contributed by atoms with Gasteiger partial charge in [-0.05, 0) is 36.2 Å². The highest BCUT2D eigenvalue weighted by atomic mass is 16.6. The number of ether oxygens (including phenoxy) is 2. The van der Waals surface area contributed by atoms with Crippen LogP contribution in [-0.2, 0) is 20.9 Å². The molecule has 0 unspecified atom stereocenters. The number of amides is 4. The number of nitrogens with one attached hydrogen (secondary N) is 2.